The third kappa shape index (κ3) is 7.69. The smallest absolute Gasteiger partial charge is 0.237 e. The predicted octanol–water partition coefficient (Wildman–Crippen LogP) is 5.70. The zero-order valence-corrected chi connectivity index (χ0v) is 23.9. The number of piperidine rings is 1. The third-order valence-electron chi connectivity index (χ3n) is 6.50. The normalized spacial score (nSPS) is 17.0. The molecule has 3 N–H and O–H groups in total. The molecule has 1 aliphatic rings. The summed E-state index contributed by atoms with van der Waals surface area (Å²) in [6.07, 6.45) is 2.26. The molecule has 3 heterocycles. The highest BCUT2D eigenvalue weighted by molar-refractivity contribution is 7.91. The summed E-state index contributed by atoms with van der Waals surface area (Å²) in [5, 5.41) is 6.47. The van der Waals surface area contributed by atoms with Crippen LogP contribution in [0.3, 0.4) is 0 Å². The van der Waals surface area contributed by atoms with Crippen LogP contribution in [-0.2, 0) is 15.8 Å². The Bertz CT molecular complexity index is 1720. The lowest BCUT2D eigenvalue weighted by molar-refractivity contribution is 0.220. The minimum atomic E-state index is -4.33. The minimum Gasteiger partial charge on any atom is -0.435 e. The molecule has 0 spiro atoms. The molecule has 9 nitrogen and oxygen atoms in total. The molecule has 1 aliphatic heterocycles. The van der Waals surface area contributed by atoms with Crippen LogP contribution in [0.2, 0.25) is 5.02 Å². The molecule has 4 aromatic rings. The van der Waals surface area contributed by atoms with Crippen molar-refractivity contribution in [2.45, 2.75) is 18.3 Å². The molecule has 2 atom stereocenters. The maximum atomic E-state index is 15.1. The maximum absolute atomic E-state index is 15.1. The largest absolute Gasteiger partial charge is 0.435 e. The number of anilines is 2. The SMILES string of the molecule is O=S(=O)(Cc1ccc(Cl)cc1)Nc1c(F)cc(Oc2ncccc2-c2ccnc(NCC3CNC[C@@H](F)C3)n2)c(F)c1F. The quantitative estimate of drug-likeness (QED) is 0.150. The van der Waals surface area contributed by atoms with E-state index >= 15 is 4.39 Å². The Labute approximate surface area is 249 Å². The number of sulfonamides is 1. The van der Waals surface area contributed by atoms with Gasteiger partial charge in [0.2, 0.25) is 27.7 Å². The van der Waals surface area contributed by atoms with Crippen LogP contribution in [0, 0.1) is 23.4 Å². The van der Waals surface area contributed by atoms with E-state index in [1.807, 2.05) is 0 Å². The summed E-state index contributed by atoms with van der Waals surface area (Å²) in [4.78, 5) is 12.6. The predicted molar refractivity (Wildman–Crippen MR) is 154 cm³/mol. The van der Waals surface area contributed by atoms with Gasteiger partial charge in [-0.15, -0.1) is 0 Å². The van der Waals surface area contributed by atoms with Gasteiger partial charge in [0.05, 0.1) is 17.0 Å². The van der Waals surface area contributed by atoms with E-state index in [2.05, 4.69) is 25.6 Å². The Morgan fingerprint density at radius 1 is 1.02 bits per heavy atom. The molecule has 0 aliphatic carbocycles. The van der Waals surface area contributed by atoms with Gasteiger partial charge >= 0.3 is 0 Å². The molecule has 226 valence electrons. The average Bonchev–Trinajstić information content (AvgIpc) is 2.98. The standard InChI is InChI=1S/C28H25ClF4N6O3S/c29-18-5-3-16(4-6-18)15-43(40,41)39-26-21(31)11-23(24(32)25(26)33)42-27-20(2-1-8-35-27)22-7-9-36-28(38-22)37-13-17-10-19(30)14-34-12-17/h1-9,11,17,19,34,39H,10,12-15H2,(H,36,37,38)/t17?,19-/m0/s1. The molecule has 0 amide bonds. The van der Waals surface area contributed by atoms with Crippen LogP contribution in [0.15, 0.2) is 60.9 Å². The van der Waals surface area contributed by atoms with Crippen LogP contribution in [0.1, 0.15) is 12.0 Å². The summed E-state index contributed by atoms with van der Waals surface area (Å²) in [5.74, 6) is -6.30. The van der Waals surface area contributed by atoms with E-state index in [-0.39, 0.29) is 23.3 Å². The van der Waals surface area contributed by atoms with Crippen molar-refractivity contribution < 1.29 is 30.7 Å². The van der Waals surface area contributed by atoms with Gasteiger partial charge in [0.15, 0.2) is 17.4 Å². The average molecular weight is 637 g/mol. The van der Waals surface area contributed by atoms with Crippen molar-refractivity contribution in [3.05, 3.63) is 89.0 Å². The lowest BCUT2D eigenvalue weighted by atomic mass is 9.98. The van der Waals surface area contributed by atoms with Gasteiger partial charge in [-0.1, -0.05) is 23.7 Å². The maximum Gasteiger partial charge on any atom is 0.237 e. The Balaban J connectivity index is 1.34. The number of pyridine rings is 1. The molecule has 15 heteroatoms. The minimum absolute atomic E-state index is 0.0333. The first-order valence-electron chi connectivity index (χ1n) is 13.1. The van der Waals surface area contributed by atoms with Gasteiger partial charge in [0, 0.05) is 36.6 Å². The molecule has 1 saturated heterocycles. The highest BCUT2D eigenvalue weighted by atomic mass is 35.5. The van der Waals surface area contributed by atoms with E-state index in [1.54, 1.807) is 16.9 Å². The number of ether oxygens (including phenoxy) is 1. The van der Waals surface area contributed by atoms with Gasteiger partial charge in [0.1, 0.15) is 11.9 Å². The molecule has 5 rings (SSSR count). The van der Waals surface area contributed by atoms with Gasteiger partial charge in [-0.05, 0) is 54.8 Å². The van der Waals surface area contributed by atoms with E-state index < -0.39 is 50.8 Å². The van der Waals surface area contributed by atoms with Crippen molar-refractivity contribution >= 4 is 33.3 Å². The van der Waals surface area contributed by atoms with E-state index in [1.165, 1.54) is 42.7 Å². The van der Waals surface area contributed by atoms with Gasteiger partial charge in [-0.3, -0.25) is 4.72 Å². The number of nitrogens with zero attached hydrogens (tertiary/aromatic N) is 3. The van der Waals surface area contributed by atoms with Crippen LogP contribution in [-0.4, -0.2) is 49.2 Å². The van der Waals surface area contributed by atoms with Gasteiger partial charge in [0.25, 0.3) is 0 Å². The fourth-order valence-electron chi connectivity index (χ4n) is 4.46. The fourth-order valence-corrected chi connectivity index (χ4v) is 5.79. The van der Waals surface area contributed by atoms with Crippen molar-refractivity contribution in [3.8, 4) is 22.9 Å². The van der Waals surface area contributed by atoms with E-state index in [9.17, 15) is 21.6 Å². The summed E-state index contributed by atoms with van der Waals surface area (Å²) < 4.78 is 91.0. The Morgan fingerprint density at radius 2 is 1.81 bits per heavy atom. The van der Waals surface area contributed by atoms with Crippen molar-refractivity contribution in [2.75, 3.05) is 29.7 Å². The van der Waals surface area contributed by atoms with Crippen LogP contribution < -0.4 is 20.1 Å². The van der Waals surface area contributed by atoms with Gasteiger partial charge in [-0.2, -0.15) is 4.39 Å². The molecular formula is C28H25ClF4N6O3S. The molecular weight excluding hydrogens is 612 g/mol. The summed E-state index contributed by atoms with van der Waals surface area (Å²) in [6, 6.07) is 10.9. The van der Waals surface area contributed by atoms with Crippen molar-refractivity contribution in [1.29, 1.82) is 0 Å². The van der Waals surface area contributed by atoms with E-state index in [0.717, 1.165) is 0 Å². The molecule has 0 bridgehead atoms. The summed E-state index contributed by atoms with van der Waals surface area (Å²) >= 11 is 5.80. The van der Waals surface area contributed by atoms with Crippen LogP contribution in [0.5, 0.6) is 11.6 Å². The number of rotatable bonds is 10. The Kier molecular flexibility index (Phi) is 9.28. The highest BCUT2D eigenvalue weighted by Crippen LogP contribution is 2.36. The molecule has 43 heavy (non-hydrogen) atoms. The molecule has 2 aromatic carbocycles. The first-order chi connectivity index (χ1) is 20.6. The topological polar surface area (TPSA) is 118 Å². The summed E-state index contributed by atoms with van der Waals surface area (Å²) in [5.41, 5.74) is -0.343. The highest BCUT2D eigenvalue weighted by Gasteiger charge is 2.26. The van der Waals surface area contributed by atoms with E-state index in [0.29, 0.717) is 48.4 Å². The zero-order chi connectivity index (χ0) is 30.6. The zero-order valence-electron chi connectivity index (χ0n) is 22.3. The number of hydrogen-bond donors (Lipinski definition) is 3. The lowest BCUT2D eigenvalue weighted by Crippen LogP contribution is -2.40. The van der Waals surface area contributed by atoms with Crippen molar-refractivity contribution in [1.82, 2.24) is 20.3 Å². The molecule has 0 radical (unpaired) electrons. The Morgan fingerprint density at radius 3 is 2.58 bits per heavy atom. The summed E-state index contributed by atoms with van der Waals surface area (Å²) in [7, 11) is -4.33. The molecule has 2 aromatic heterocycles. The first-order valence-corrected chi connectivity index (χ1v) is 15.1. The second kappa shape index (κ2) is 13.1. The first kappa shape index (κ1) is 30.4. The second-order valence-corrected chi connectivity index (χ2v) is 12.0. The molecule has 0 saturated carbocycles. The molecule has 1 unspecified atom stereocenters. The van der Waals surface area contributed by atoms with Crippen LogP contribution in [0.25, 0.3) is 11.3 Å². The van der Waals surface area contributed by atoms with Gasteiger partial charge in [-0.25, -0.2) is 36.5 Å². The summed E-state index contributed by atoms with van der Waals surface area (Å²) in [6.45, 7) is 1.39. The van der Waals surface area contributed by atoms with E-state index in [4.69, 9.17) is 16.3 Å². The monoisotopic (exact) mass is 636 g/mol. The number of alkyl halides is 1. The second-order valence-electron chi connectivity index (χ2n) is 9.81. The number of aromatic nitrogens is 3. The fraction of sp³-hybridized carbons (Fsp3) is 0.250. The van der Waals surface area contributed by atoms with Crippen LogP contribution >= 0.6 is 11.6 Å². The number of nitrogens with one attached hydrogen (secondary N) is 3. The van der Waals surface area contributed by atoms with Gasteiger partial charge < -0.3 is 15.4 Å². The molecule has 1 fully saturated rings. The van der Waals surface area contributed by atoms with Crippen LogP contribution in [0.4, 0.5) is 29.2 Å². The number of benzene rings is 2. The van der Waals surface area contributed by atoms with Crippen molar-refractivity contribution in [3.63, 3.8) is 0 Å². The van der Waals surface area contributed by atoms with Crippen molar-refractivity contribution in [2.24, 2.45) is 5.92 Å². The third-order valence-corrected chi connectivity index (χ3v) is 7.98. The number of halogens is 5. The Hall–Kier alpha value is -4.01. The lowest BCUT2D eigenvalue weighted by Gasteiger charge is -2.25. The number of hydrogen-bond acceptors (Lipinski definition) is 8.